The Bertz CT molecular complexity index is 769. The molecule has 0 saturated heterocycles. The van der Waals surface area contributed by atoms with Gasteiger partial charge in [0.1, 0.15) is 5.69 Å². The van der Waals surface area contributed by atoms with Crippen molar-refractivity contribution < 1.29 is 18.7 Å². The predicted octanol–water partition coefficient (Wildman–Crippen LogP) is 4.62. The SMILES string of the molecule is CC(C)(C)[Si](C)(C)OCc1cnn(-c2ccc(NC(=O)O)cc2F)c1. The van der Waals surface area contributed by atoms with Gasteiger partial charge in [-0.15, -0.1) is 0 Å². The molecule has 2 N–H and O–H groups in total. The number of rotatable bonds is 5. The van der Waals surface area contributed by atoms with E-state index in [9.17, 15) is 9.18 Å². The van der Waals surface area contributed by atoms with E-state index in [1.165, 1.54) is 16.8 Å². The Balaban J connectivity index is 2.12. The molecule has 8 heteroatoms. The van der Waals surface area contributed by atoms with Gasteiger partial charge in [0.2, 0.25) is 0 Å². The van der Waals surface area contributed by atoms with Crippen LogP contribution in [0.4, 0.5) is 14.9 Å². The summed E-state index contributed by atoms with van der Waals surface area (Å²) in [6, 6.07) is 4.09. The van der Waals surface area contributed by atoms with Gasteiger partial charge >= 0.3 is 6.09 Å². The van der Waals surface area contributed by atoms with Crippen molar-refractivity contribution in [3.8, 4) is 5.69 Å². The van der Waals surface area contributed by atoms with Crippen molar-refractivity contribution in [3.05, 3.63) is 42.0 Å². The molecule has 1 aromatic heterocycles. The van der Waals surface area contributed by atoms with Gasteiger partial charge in [-0.2, -0.15) is 5.10 Å². The Labute approximate surface area is 147 Å². The third kappa shape index (κ3) is 4.67. The van der Waals surface area contributed by atoms with E-state index >= 15 is 0 Å². The fraction of sp³-hybridized carbons (Fsp3) is 0.412. The van der Waals surface area contributed by atoms with Crippen LogP contribution in [0.5, 0.6) is 0 Å². The second-order valence-electron chi connectivity index (χ2n) is 7.44. The first-order chi connectivity index (χ1) is 11.5. The summed E-state index contributed by atoms with van der Waals surface area (Å²) in [5.74, 6) is -0.564. The molecule has 1 amide bonds. The van der Waals surface area contributed by atoms with Gasteiger partial charge in [-0.05, 0) is 36.3 Å². The van der Waals surface area contributed by atoms with Gasteiger partial charge in [-0.3, -0.25) is 5.32 Å². The van der Waals surface area contributed by atoms with Crippen LogP contribution in [0.3, 0.4) is 0 Å². The molecule has 0 unspecified atom stereocenters. The highest BCUT2D eigenvalue weighted by atomic mass is 28.4. The van der Waals surface area contributed by atoms with Gasteiger partial charge in [0.25, 0.3) is 0 Å². The van der Waals surface area contributed by atoms with Gasteiger partial charge in [0, 0.05) is 17.4 Å². The monoisotopic (exact) mass is 365 g/mol. The lowest BCUT2D eigenvalue weighted by molar-refractivity contribution is 0.209. The molecule has 0 aliphatic carbocycles. The smallest absolute Gasteiger partial charge is 0.409 e. The maximum Gasteiger partial charge on any atom is 0.409 e. The van der Waals surface area contributed by atoms with Crippen LogP contribution in [0.15, 0.2) is 30.6 Å². The second kappa shape index (κ2) is 6.97. The molecule has 2 aromatic rings. The fourth-order valence-electron chi connectivity index (χ4n) is 1.94. The topological polar surface area (TPSA) is 76.4 Å². The number of benzene rings is 1. The van der Waals surface area contributed by atoms with E-state index in [1.807, 2.05) is 0 Å². The minimum Gasteiger partial charge on any atom is -0.465 e. The van der Waals surface area contributed by atoms with Crippen LogP contribution in [0.25, 0.3) is 5.69 Å². The van der Waals surface area contributed by atoms with Crippen LogP contribution >= 0.6 is 0 Å². The molecule has 0 atom stereocenters. The number of halogens is 1. The van der Waals surface area contributed by atoms with E-state index in [0.717, 1.165) is 11.6 Å². The van der Waals surface area contributed by atoms with Crippen LogP contribution in [0.1, 0.15) is 26.3 Å². The molecule has 6 nitrogen and oxygen atoms in total. The largest absolute Gasteiger partial charge is 0.465 e. The van der Waals surface area contributed by atoms with E-state index in [-0.39, 0.29) is 16.4 Å². The molecular weight excluding hydrogens is 341 g/mol. The number of hydrogen-bond donors (Lipinski definition) is 2. The van der Waals surface area contributed by atoms with Crippen molar-refractivity contribution in [1.82, 2.24) is 9.78 Å². The molecule has 0 fully saturated rings. The highest BCUT2D eigenvalue weighted by Gasteiger charge is 2.37. The van der Waals surface area contributed by atoms with Gasteiger partial charge in [-0.25, -0.2) is 13.9 Å². The number of carboxylic acid groups (broad SMARTS) is 1. The van der Waals surface area contributed by atoms with Gasteiger partial charge in [-0.1, -0.05) is 20.8 Å². The standard InChI is InChI=1S/C17H24FN3O3Si/c1-17(2,3)25(4,5)24-11-12-9-19-21(10-12)15-7-6-13(8-14(15)18)20-16(22)23/h6-10,20H,11H2,1-5H3,(H,22,23). The van der Waals surface area contributed by atoms with E-state index < -0.39 is 20.2 Å². The summed E-state index contributed by atoms with van der Waals surface area (Å²) in [5.41, 5.74) is 1.27. The molecule has 0 radical (unpaired) electrons. The molecule has 0 saturated carbocycles. The quantitative estimate of drug-likeness (QED) is 0.758. The van der Waals surface area contributed by atoms with E-state index in [0.29, 0.717) is 6.61 Å². The van der Waals surface area contributed by atoms with Crippen LogP contribution in [0.2, 0.25) is 18.1 Å². The van der Waals surface area contributed by atoms with Crippen LogP contribution < -0.4 is 5.32 Å². The third-order valence-corrected chi connectivity index (χ3v) is 8.97. The molecule has 25 heavy (non-hydrogen) atoms. The van der Waals surface area contributed by atoms with Crippen LogP contribution in [-0.2, 0) is 11.0 Å². The van der Waals surface area contributed by atoms with Crippen LogP contribution in [-0.4, -0.2) is 29.3 Å². The Morgan fingerprint density at radius 2 is 2.08 bits per heavy atom. The van der Waals surface area contributed by atoms with Crippen LogP contribution in [0, 0.1) is 5.82 Å². The molecule has 0 bridgehead atoms. The molecule has 0 aliphatic heterocycles. The average molecular weight is 365 g/mol. The summed E-state index contributed by atoms with van der Waals surface area (Å²) >= 11 is 0. The lowest BCUT2D eigenvalue weighted by atomic mass is 10.2. The number of aromatic nitrogens is 2. The van der Waals surface area contributed by atoms with Crippen molar-refractivity contribution in [1.29, 1.82) is 0 Å². The van der Waals surface area contributed by atoms with Crippen molar-refractivity contribution in [3.63, 3.8) is 0 Å². The Morgan fingerprint density at radius 3 is 2.64 bits per heavy atom. The van der Waals surface area contributed by atoms with Crippen molar-refractivity contribution in [2.24, 2.45) is 0 Å². The number of hydrogen-bond acceptors (Lipinski definition) is 3. The molecule has 2 rings (SSSR count). The van der Waals surface area contributed by atoms with Gasteiger partial charge < -0.3 is 9.53 Å². The zero-order chi connectivity index (χ0) is 18.8. The molecule has 1 heterocycles. The molecule has 0 aliphatic rings. The highest BCUT2D eigenvalue weighted by molar-refractivity contribution is 6.74. The summed E-state index contributed by atoms with van der Waals surface area (Å²) in [5, 5.41) is 15.1. The first-order valence-corrected chi connectivity index (χ1v) is 10.9. The second-order valence-corrected chi connectivity index (χ2v) is 12.2. The summed E-state index contributed by atoms with van der Waals surface area (Å²) in [6.45, 7) is 11.3. The van der Waals surface area contributed by atoms with Crippen molar-refractivity contribution >= 4 is 20.1 Å². The van der Waals surface area contributed by atoms with E-state index in [2.05, 4.69) is 44.3 Å². The number of amides is 1. The van der Waals surface area contributed by atoms with Crippen molar-refractivity contribution in [2.75, 3.05) is 5.32 Å². The Kier molecular flexibility index (Phi) is 5.33. The fourth-order valence-corrected chi connectivity index (χ4v) is 2.90. The highest BCUT2D eigenvalue weighted by Crippen LogP contribution is 2.37. The van der Waals surface area contributed by atoms with Crippen molar-refractivity contribution in [2.45, 2.75) is 45.5 Å². The number of carbonyl (C=O) groups is 1. The van der Waals surface area contributed by atoms with Gasteiger partial charge in [0.05, 0.1) is 12.8 Å². The maximum absolute atomic E-state index is 14.2. The molecule has 0 spiro atoms. The normalized spacial score (nSPS) is 12.2. The lowest BCUT2D eigenvalue weighted by Crippen LogP contribution is -2.40. The minimum absolute atomic E-state index is 0.113. The zero-order valence-corrected chi connectivity index (χ0v) is 16.1. The molecular formula is C17H24FN3O3Si. The van der Waals surface area contributed by atoms with E-state index in [4.69, 9.17) is 9.53 Å². The summed E-state index contributed by atoms with van der Waals surface area (Å²) in [6.07, 6.45) is 2.13. The molecule has 1 aromatic carbocycles. The summed E-state index contributed by atoms with van der Waals surface area (Å²) in [7, 11) is -1.87. The Hall–Kier alpha value is -2.19. The third-order valence-electron chi connectivity index (χ3n) is 4.49. The van der Waals surface area contributed by atoms with E-state index in [1.54, 1.807) is 12.4 Å². The summed E-state index contributed by atoms with van der Waals surface area (Å²) in [4.78, 5) is 10.6. The Morgan fingerprint density at radius 1 is 1.40 bits per heavy atom. The first-order valence-electron chi connectivity index (χ1n) is 7.97. The minimum atomic E-state index is -1.87. The van der Waals surface area contributed by atoms with Gasteiger partial charge in [0.15, 0.2) is 14.1 Å². The zero-order valence-electron chi connectivity index (χ0n) is 15.1. The first kappa shape index (κ1) is 19.1. The lowest BCUT2D eigenvalue weighted by Gasteiger charge is -2.36. The maximum atomic E-state index is 14.2. The molecule has 136 valence electrons. The number of anilines is 1. The predicted molar refractivity (Wildman–Crippen MR) is 97.2 cm³/mol. The average Bonchev–Trinajstić information content (AvgIpc) is 2.92. The number of nitrogens with zero attached hydrogens (tertiary/aromatic N) is 2. The summed E-state index contributed by atoms with van der Waals surface area (Å²) < 4.78 is 21.8. The number of nitrogens with one attached hydrogen (secondary N) is 1.